The fraction of sp³-hybridized carbons (Fsp3) is 0.656. The van der Waals surface area contributed by atoms with Gasteiger partial charge in [0.1, 0.15) is 12.3 Å². The van der Waals surface area contributed by atoms with Crippen molar-refractivity contribution in [1.29, 1.82) is 0 Å². The molecule has 1 aromatic heterocycles. The summed E-state index contributed by atoms with van der Waals surface area (Å²) in [6.07, 6.45) is 8.09. The SMILES string of the molecule is C[C@]1(C(=O)O)CCCC[C@H]1C(=O)N1CCc2c(Cl)cc(F)c(OCc3nnn4c3CCCC4)c2[C@H]1CN1CC2(CC2)CC1=O. The second-order valence-corrected chi connectivity index (χ2v) is 14.2. The van der Waals surface area contributed by atoms with Crippen LogP contribution in [0.15, 0.2) is 6.07 Å². The summed E-state index contributed by atoms with van der Waals surface area (Å²) in [5, 5.41) is 19.0. The average Bonchev–Trinajstić information content (AvgIpc) is 3.50. The lowest BCUT2D eigenvalue weighted by atomic mass is 9.66. The zero-order valence-corrected chi connectivity index (χ0v) is 25.9. The third-order valence-electron chi connectivity index (χ3n) is 11.0. The first-order valence-electron chi connectivity index (χ1n) is 16.0. The minimum absolute atomic E-state index is 0.000786. The lowest BCUT2D eigenvalue weighted by Gasteiger charge is -2.45. The monoisotopic (exact) mass is 627 g/mol. The van der Waals surface area contributed by atoms with E-state index in [9.17, 15) is 19.5 Å². The highest BCUT2D eigenvalue weighted by molar-refractivity contribution is 6.31. The van der Waals surface area contributed by atoms with Gasteiger partial charge in [0.2, 0.25) is 11.8 Å². The van der Waals surface area contributed by atoms with Crippen molar-refractivity contribution < 1.29 is 28.6 Å². The molecule has 1 spiro atoms. The number of hydrogen-bond acceptors (Lipinski definition) is 6. The number of carbonyl (C=O) groups is 3. The van der Waals surface area contributed by atoms with E-state index in [0.717, 1.165) is 57.2 Å². The first-order valence-corrected chi connectivity index (χ1v) is 16.3. The number of ether oxygens (including phenoxy) is 1. The van der Waals surface area contributed by atoms with Crippen LogP contribution >= 0.6 is 11.6 Å². The van der Waals surface area contributed by atoms with E-state index in [2.05, 4.69) is 10.3 Å². The Hall–Kier alpha value is -3.21. The van der Waals surface area contributed by atoms with Gasteiger partial charge in [0, 0.05) is 43.2 Å². The highest BCUT2D eigenvalue weighted by atomic mass is 35.5. The molecule has 1 N–H and O–H groups in total. The normalized spacial score (nSPS) is 27.3. The van der Waals surface area contributed by atoms with Crippen LogP contribution in [0.2, 0.25) is 5.02 Å². The van der Waals surface area contributed by atoms with Crippen molar-refractivity contribution in [3.8, 4) is 5.75 Å². The van der Waals surface area contributed by atoms with E-state index in [0.29, 0.717) is 55.6 Å². The number of nitrogens with zero attached hydrogens (tertiary/aromatic N) is 5. The topological polar surface area (TPSA) is 118 Å². The molecule has 2 amide bonds. The maximum atomic E-state index is 15.9. The van der Waals surface area contributed by atoms with Crippen LogP contribution in [-0.2, 0) is 40.4 Å². The Morgan fingerprint density at radius 2 is 1.98 bits per heavy atom. The Balaban J connectivity index is 1.27. The predicted octanol–water partition coefficient (Wildman–Crippen LogP) is 4.71. The van der Waals surface area contributed by atoms with Gasteiger partial charge >= 0.3 is 5.97 Å². The van der Waals surface area contributed by atoms with E-state index >= 15 is 4.39 Å². The van der Waals surface area contributed by atoms with Crippen LogP contribution in [0.3, 0.4) is 0 Å². The third-order valence-corrected chi connectivity index (χ3v) is 11.3. The molecule has 2 aliphatic carbocycles. The molecule has 12 heteroatoms. The standard InChI is InChI=1S/C32H39ClFN5O5/c1-31(30(42)43)9-4-2-6-20(31)29(41)38-13-8-19-21(33)14-22(34)28(44-17-23-24-7-3-5-12-39(24)36-35-23)27(19)25(38)16-37-18-32(10-11-32)15-26(37)40/h14,20,25H,2-13,15-18H2,1H3,(H,42,43)/t20-,25+,31-/m0/s1. The molecule has 3 atom stereocenters. The molecule has 1 aromatic carbocycles. The van der Waals surface area contributed by atoms with Crippen LogP contribution < -0.4 is 4.74 Å². The fourth-order valence-electron chi connectivity index (χ4n) is 8.09. The number of carboxylic acid groups (broad SMARTS) is 1. The van der Waals surface area contributed by atoms with Gasteiger partial charge in [0.25, 0.3) is 0 Å². The molecule has 1 saturated heterocycles. The van der Waals surface area contributed by atoms with Gasteiger partial charge in [-0.3, -0.25) is 14.4 Å². The summed E-state index contributed by atoms with van der Waals surface area (Å²) in [7, 11) is 0. The molecule has 44 heavy (non-hydrogen) atoms. The van der Waals surface area contributed by atoms with Crippen molar-refractivity contribution >= 4 is 29.4 Å². The van der Waals surface area contributed by atoms with Gasteiger partial charge in [0.15, 0.2) is 11.6 Å². The van der Waals surface area contributed by atoms with Crippen LogP contribution in [0.25, 0.3) is 0 Å². The smallest absolute Gasteiger partial charge is 0.310 e. The molecule has 3 aliphatic heterocycles. The van der Waals surface area contributed by atoms with Crippen molar-refractivity contribution in [2.45, 2.75) is 96.7 Å². The maximum Gasteiger partial charge on any atom is 0.310 e. The molecule has 4 heterocycles. The first kappa shape index (κ1) is 29.5. The van der Waals surface area contributed by atoms with Gasteiger partial charge in [-0.2, -0.15) is 0 Å². The number of rotatable bonds is 7. The Morgan fingerprint density at radius 3 is 2.73 bits per heavy atom. The summed E-state index contributed by atoms with van der Waals surface area (Å²) in [4.78, 5) is 43.6. The molecule has 0 unspecified atom stereocenters. The maximum absolute atomic E-state index is 15.9. The van der Waals surface area contributed by atoms with Gasteiger partial charge in [-0.25, -0.2) is 9.07 Å². The number of fused-ring (bicyclic) bond motifs is 2. The Labute approximate surface area is 260 Å². The molecule has 3 fully saturated rings. The minimum atomic E-state index is -1.20. The Morgan fingerprint density at radius 1 is 1.16 bits per heavy atom. The number of carboxylic acids is 1. The number of carbonyl (C=O) groups excluding carboxylic acids is 2. The van der Waals surface area contributed by atoms with E-state index in [1.807, 2.05) is 4.68 Å². The van der Waals surface area contributed by atoms with E-state index in [-0.39, 0.29) is 41.2 Å². The number of likely N-dealkylation sites (tertiary alicyclic amines) is 1. The summed E-state index contributed by atoms with van der Waals surface area (Å²) in [5.74, 6) is -2.59. The zero-order chi connectivity index (χ0) is 30.8. The van der Waals surface area contributed by atoms with Gasteiger partial charge in [-0.05, 0) is 75.3 Å². The Bertz CT molecular complexity index is 1520. The molecule has 0 radical (unpaired) electrons. The average molecular weight is 628 g/mol. The second-order valence-electron chi connectivity index (χ2n) is 13.8. The van der Waals surface area contributed by atoms with E-state index in [4.69, 9.17) is 16.3 Å². The van der Waals surface area contributed by atoms with E-state index in [1.54, 1.807) is 16.7 Å². The number of hydrogen-bond donors (Lipinski definition) is 1. The van der Waals surface area contributed by atoms with Crippen molar-refractivity contribution in [2.75, 3.05) is 19.6 Å². The van der Waals surface area contributed by atoms with Gasteiger partial charge in [-0.1, -0.05) is 29.7 Å². The lowest BCUT2D eigenvalue weighted by molar-refractivity contribution is -0.162. The third kappa shape index (κ3) is 4.95. The molecule has 236 valence electrons. The summed E-state index contributed by atoms with van der Waals surface area (Å²) in [5.41, 5.74) is 1.59. The summed E-state index contributed by atoms with van der Waals surface area (Å²) in [6, 6.07) is 0.523. The van der Waals surface area contributed by atoms with E-state index < -0.39 is 29.2 Å². The van der Waals surface area contributed by atoms with Crippen LogP contribution in [0.5, 0.6) is 5.75 Å². The molecule has 0 bridgehead atoms. The largest absolute Gasteiger partial charge is 0.484 e. The van der Waals surface area contributed by atoms with Gasteiger partial charge in [0.05, 0.1) is 23.1 Å². The number of aliphatic carboxylic acids is 1. The molecule has 2 aromatic rings. The molecule has 7 rings (SSSR count). The van der Waals surface area contributed by atoms with Crippen molar-refractivity contribution in [3.05, 3.63) is 39.4 Å². The van der Waals surface area contributed by atoms with Crippen molar-refractivity contribution in [2.24, 2.45) is 16.7 Å². The number of amides is 2. The molecule has 2 saturated carbocycles. The lowest BCUT2D eigenvalue weighted by Crippen LogP contribution is -2.52. The first-order chi connectivity index (χ1) is 21.1. The number of halogens is 2. The zero-order valence-electron chi connectivity index (χ0n) is 25.1. The molecule has 10 nitrogen and oxygen atoms in total. The highest BCUT2D eigenvalue weighted by Gasteiger charge is 2.54. The minimum Gasteiger partial charge on any atom is -0.484 e. The quantitative estimate of drug-likeness (QED) is 0.473. The summed E-state index contributed by atoms with van der Waals surface area (Å²) in [6.45, 7) is 3.52. The van der Waals surface area contributed by atoms with Crippen LogP contribution in [0.1, 0.15) is 93.3 Å². The summed E-state index contributed by atoms with van der Waals surface area (Å²) >= 11 is 6.66. The van der Waals surface area contributed by atoms with Crippen LogP contribution in [0, 0.1) is 22.6 Å². The van der Waals surface area contributed by atoms with Crippen molar-refractivity contribution in [1.82, 2.24) is 24.8 Å². The van der Waals surface area contributed by atoms with Crippen LogP contribution in [0.4, 0.5) is 4.39 Å². The van der Waals surface area contributed by atoms with Crippen LogP contribution in [-0.4, -0.2) is 67.3 Å². The van der Waals surface area contributed by atoms with Gasteiger partial charge < -0.3 is 19.6 Å². The second kappa shape index (κ2) is 11.0. The summed E-state index contributed by atoms with van der Waals surface area (Å²) < 4.78 is 24.0. The highest BCUT2D eigenvalue weighted by Crippen LogP contribution is 2.54. The van der Waals surface area contributed by atoms with E-state index in [1.165, 1.54) is 6.07 Å². The number of aryl methyl sites for hydroxylation is 1. The van der Waals surface area contributed by atoms with Gasteiger partial charge in [-0.15, -0.1) is 5.10 Å². The fourth-order valence-corrected chi connectivity index (χ4v) is 8.38. The number of benzene rings is 1. The van der Waals surface area contributed by atoms with Crippen molar-refractivity contribution in [3.63, 3.8) is 0 Å². The predicted molar refractivity (Wildman–Crippen MR) is 157 cm³/mol. The molecular formula is C32H39ClFN5O5. The molecular weight excluding hydrogens is 589 g/mol. The Kier molecular flexibility index (Phi) is 7.37. The number of aromatic nitrogens is 3. The molecule has 5 aliphatic rings.